The topological polar surface area (TPSA) is 76.0 Å². The molecule has 0 radical (unpaired) electrons. The minimum Gasteiger partial charge on any atom is -0.352 e. The summed E-state index contributed by atoms with van der Waals surface area (Å²) in [4.78, 5) is 23.8. The molecule has 1 aromatic carbocycles. The Labute approximate surface area is 147 Å². The van der Waals surface area contributed by atoms with Crippen LogP contribution in [0.4, 0.5) is 5.69 Å². The zero-order valence-corrected chi connectivity index (χ0v) is 14.9. The van der Waals surface area contributed by atoms with Crippen LogP contribution in [0.5, 0.6) is 0 Å². The number of amides is 2. The molecule has 0 unspecified atom stereocenters. The van der Waals surface area contributed by atoms with Gasteiger partial charge in [0.25, 0.3) is 5.91 Å². The lowest BCUT2D eigenvalue weighted by atomic mass is 10.00. The summed E-state index contributed by atoms with van der Waals surface area (Å²) in [6.45, 7) is 7.48. The molecule has 1 aliphatic rings. The van der Waals surface area contributed by atoms with Crippen molar-refractivity contribution in [3.63, 3.8) is 0 Å². The van der Waals surface area contributed by atoms with Crippen molar-refractivity contribution in [1.29, 1.82) is 0 Å². The molecule has 2 amide bonds. The van der Waals surface area contributed by atoms with E-state index in [0.717, 1.165) is 29.2 Å². The minimum absolute atomic E-state index is 0.0303. The SMILES string of the molecule is Cc1cc(C)n(C[C@@H](C)CNC(=O)c2ccc3c(c2)CCC(=O)N3)n1. The van der Waals surface area contributed by atoms with Crippen LogP contribution < -0.4 is 10.6 Å². The van der Waals surface area contributed by atoms with Crippen molar-refractivity contribution < 1.29 is 9.59 Å². The summed E-state index contributed by atoms with van der Waals surface area (Å²) in [5.74, 6) is 0.224. The first-order chi connectivity index (χ1) is 11.9. The Balaban J connectivity index is 1.57. The molecule has 0 fully saturated rings. The van der Waals surface area contributed by atoms with Crippen LogP contribution in [-0.2, 0) is 17.8 Å². The fraction of sp³-hybridized carbons (Fsp3) is 0.421. The van der Waals surface area contributed by atoms with Gasteiger partial charge in [-0.25, -0.2) is 0 Å². The number of anilines is 1. The first-order valence-electron chi connectivity index (χ1n) is 8.64. The molecule has 132 valence electrons. The first kappa shape index (κ1) is 17.2. The Bertz CT molecular complexity index is 810. The Morgan fingerprint density at radius 2 is 2.12 bits per heavy atom. The van der Waals surface area contributed by atoms with Gasteiger partial charge in [0, 0.05) is 36.5 Å². The molecule has 1 aromatic heterocycles. The van der Waals surface area contributed by atoms with E-state index >= 15 is 0 Å². The van der Waals surface area contributed by atoms with E-state index < -0.39 is 0 Å². The highest BCUT2D eigenvalue weighted by molar-refractivity contribution is 5.97. The predicted octanol–water partition coefficient (Wildman–Crippen LogP) is 2.45. The summed E-state index contributed by atoms with van der Waals surface area (Å²) in [5, 5.41) is 10.3. The average molecular weight is 340 g/mol. The maximum atomic E-state index is 12.4. The summed E-state index contributed by atoms with van der Waals surface area (Å²) < 4.78 is 1.98. The van der Waals surface area contributed by atoms with Gasteiger partial charge in [-0.1, -0.05) is 6.92 Å². The van der Waals surface area contributed by atoms with Crippen LogP contribution in [0.2, 0.25) is 0 Å². The van der Waals surface area contributed by atoms with Gasteiger partial charge in [-0.05, 0) is 56.0 Å². The van der Waals surface area contributed by atoms with Crippen LogP contribution in [-0.4, -0.2) is 28.1 Å². The highest BCUT2D eigenvalue weighted by Gasteiger charge is 2.17. The van der Waals surface area contributed by atoms with Gasteiger partial charge < -0.3 is 10.6 Å². The average Bonchev–Trinajstić information content (AvgIpc) is 2.89. The first-order valence-corrected chi connectivity index (χ1v) is 8.64. The minimum atomic E-state index is -0.0834. The van der Waals surface area contributed by atoms with Crippen molar-refractivity contribution in [1.82, 2.24) is 15.1 Å². The van der Waals surface area contributed by atoms with Gasteiger partial charge in [-0.15, -0.1) is 0 Å². The third kappa shape index (κ3) is 4.07. The third-order valence-corrected chi connectivity index (χ3v) is 4.46. The molecule has 2 heterocycles. The predicted molar refractivity (Wildman–Crippen MR) is 96.6 cm³/mol. The van der Waals surface area contributed by atoms with E-state index in [1.54, 1.807) is 12.1 Å². The van der Waals surface area contributed by atoms with Gasteiger partial charge >= 0.3 is 0 Å². The van der Waals surface area contributed by atoms with Crippen molar-refractivity contribution >= 4 is 17.5 Å². The number of carbonyl (C=O) groups excluding carboxylic acids is 2. The van der Waals surface area contributed by atoms with Gasteiger partial charge in [-0.3, -0.25) is 14.3 Å². The van der Waals surface area contributed by atoms with Crippen molar-refractivity contribution in [2.45, 2.75) is 40.2 Å². The molecule has 6 nitrogen and oxygen atoms in total. The van der Waals surface area contributed by atoms with Gasteiger partial charge in [-0.2, -0.15) is 5.10 Å². The molecule has 0 aliphatic carbocycles. The Kier molecular flexibility index (Phi) is 4.88. The molecule has 25 heavy (non-hydrogen) atoms. The van der Waals surface area contributed by atoms with E-state index in [4.69, 9.17) is 0 Å². The van der Waals surface area contributed by atoms with E-state index in [1.165, 1.54) is 0 Å². The summed E-state index contributed by atoms with van der Waals surface area (Å²) in [5.41, 5.74) is 4.60. The van der Waals surface area contributed by atoms with E-state index in [-0.39, 0.29) is 17.7 Å². The number of aryl methyl sites for hydroxylation is 3. The molecule has 0 saturated carbocycles. The lowest BCUT2D eigenvalue weighted by molar-refractivity contribution is -0.116. The van der Waals surface area contributed by atoms with Crippen molar-refractivity contribution in [3.8, 4) is 0 Å². The van der Waals surface area contributed by atoms with Gasteiger partial charge in [0.2, 0.25) is 5.91 Å². The van der Waals surface area contributed by atoms with Gasteiger partial charge in [0.1, 0.15) is 0 Å². The van der Waals surface area contributed by atoms with Crippen LogP contribution in [0, 0.1) is 19.8 Å². The van der Waals surface area contributed by atoms with Crippen molar-refractivity contribution in [2.75, 3.05) is 11.9 Å². The molecule has 2 N–H and O–H groups in total. The van der Waals surface area contributed by atoms with E-state index in [0.29, 0.717) is 24.9 Å². The molecule has 0 saturated heterocycles. The molecular formula is C19H24N4O2. The number of fused-ring (bicyclic) bond motifs is 1. The molecule has 6 heteroatoms. The Morgan fingerprint density at radius 1 is 1.32 bits per heavy atom. The lowest BCUT2D eigenvalue weighted by Gasteiger charge is -2.18. The number of benzene rings is 1. The zero-order chi connectivity index (χ0) is 18.0. The zero-order valence-electron chi connectivity index (χ0n) is 14.9. The normalized spacial score (nSPS) is 14.6. The second-order valence-electron chi connectivity index (χ2n) is 6.84. The molecule has 0 spiro atoms. The van der Waals surface area contributed by atoms with Crippen molar-refractivity contribution in [3.05, 3.63) is 46.8 Å². The van der Waals surface area contributed by atoms with E-state index in [1.807, 2.05) is 24.6 Å². The third-order valence-electron chi connectivity index (χ3n) is 4.46. The summed E-state index contributed by atoms with van der Waals surface area (Å²) in [6.07, 6.45) is 1.15. The maximum absolute atomic E-state index is 12.4. The Hall–Kier alpha value is -2.63. The molecule has 1 aliphatic heterocycles. The second kappa shape index (κ2) is 7.09. The Morgan fingerprint density at radius 3 is 2.84 bits per heavy atom. The summed E-state index contributed by atoms with van der Waals surface area (Å²) in [7, 11) is 0. The lowest BCUT2D eigenvalue weighted by Crippen LogP contribution is -2.30. The smallest absolute Gasteiger partial charge is 0.251 e. The standard InChI is InChI=1S/C19H24N4O2/c1-12(11-23-14(3)8-13(2)22-23)10-20-19(25)16-4-6-17-15(9-16)5-7-18(24)21-17/h4,6,8-9,12H,5,7,10-11H2,1-3H3,(H,20,25)(H,21,24)/t12-/m0/s1. The molecule has 2 aromatic rings. The van der Waals surface area contributed by atoms with Crippen molar-refractivity contribution in [2.24, 2.45) is 5.92 Å². The van der Waals surface area contributed by atoms with Gasteiger partial charge in [0.05, 0.1) is 5.69 Å². The molecular weight excluding hydrogens is 316 g/mol. The highest BCUT2D eigenvalue weighted by Crippen LogP contribution is 2.23. The van der Waals surface area contributed by atoms with Crippen LogP contribution in [0.3, 0.4) is 0 Å². The van der Waals surface area contributed by atoms with Crippen LogP contribution in [0.1, 0.15) is 40.7 Å². The maximum Gasteiger partial charge on any atom is 0.251 e. The fourth-order valence-corrected chi connectivity index (χ4v) is 3.11. The molecule has 0 bridgehead atoms. The number of hydrogen-bond donors (Lipinski definition) is 2. The number of aromatic nitrogens is 2. The number of hydrogen-bond acceptors (Lipinski definition) is 3. The second-order valence-corrected chi connectivity index (χ2v) is 6.84. The van der Waals surface area contributed by atoms with E-state index in [9.17, 15) is 9.59 Å². The number of nitrogens with zero attached hydrogens (tertiary/aromatic N) is 2. The summed E-state index contributed by atoms with van der Waals surface area (Å²) >= 11 is 0. The number of carbonyl (C=O) groups is 2. The fourth-order valence-electron chi connectivity index (χ4n) is 3.11. The van der Waals surface area contributed by atoms with Crippen LogP contribution >= 0.6 is 0 Å². The quantitative estimate of drug-likeness (QED) is 0.878. The molecule has 1 atom stereocenters. The monoisotopic (exact) mass is 340 g/mol. The molecule has 3 rings (SSSR count). The number of nitrogens with one attached hydrogen (secondary N) is 2. The highest BCUT2D eigenvalue weighted by atomic mass is 16.2. The van der Waals surface area contributed by atoms with E-state index in [2.05, 4.69) is 28.7 Å². The largest absolute Gasteiger partial charge is 0.352 e. The summed E-state index contributed by atoms with van der Waals surface area (Å²) in [6, 6.07) is 7.49. The number of rotatable bonds is 5. The van der Waals surface area contributed by atoms with Crippen LogP contribution in [0.25, 0.3) is 0 Å². The van der Waals surface area contributed by atoms with Gasteiger partial charge in [0.15, 0.2) is 0 Å². The van der Waals surface area contributed by atoms with Crippen LogP contribution in [0.15, 0.2) is 24.3 Å².